The fourth-order valence-corrected chi connectivity index (χ4v) is 7.26. The number of benzene rings is 7. The number of nitriles is 3. The summed E-state index contributed by atoms with van der Waals surface area (Å²) in [5.41, 5.74) is 10.0. The van der Waals surface area contributed by atoms with Crippen LogP contribution in [0, 0.1) is 34.0 Å². The SMILES string of the molecule is N#Cc1cc2c(cc1C#N)C(c1ccc(N(c3ccc(-c4ccccc4)cc3)c3cccc4c3oc3ccccc34)cc1C#N)N=C(c1ccccc1)N2. The number of para-hydroxylation sites is 2. The summed E-state index contributed by atoms with van der Waals surface area (Å²) < 4.78 is 6.53. The van der Waals surface area contributed by atoms with Crippen LogP contribution in [-0.2, 0) is 0 Å². The molecule has 0 bridgehead atoms. The second-order valence-electron chi connectivity index (χ2n) is 13.0. The van der Waals surface area contributed by atoms with Crippen LogP contribution >= 0.6 is 0 Å². The van der Waals surface area contributed by atoms with Crippen LogP contribution in [0.4, 0.5) is 22.7 Å². The first-order valence-electron chi connectivity index (χ1n) is 17.4. The number of rotatable bonds is 6. The van der Waals surface area contributed by atoms with Crippen molar-refractivity contribution in [2.45, 2.75) is 6.04 Å². The van der Waals surface area contributed by atoms with Gasteiger partial charge in [0.25, 0.3) is 0 Å². The predicted molar refractivity (Wildman–Crippen MR) is 213 cm³/mol. The lowest BCUT2D eigenvalue weighted by Crippen LogP contribution is -2.23. The first kappa shape index (κ1) is 32.0. The Morgan fingerprint density at radius 3 is 1.91 bits per heavy atom. The number of aliphatic imine (C=N–C) groups is 1. The number of anilines is 4. The van der Waals surface area contributed by atoms with Crippen LogP contribution in [-0.4, -0.2) is 5.84 Å². The number of nitrogens with zero attached hydrogens (tertiary/aromatic N) is 5. The fraction of sp³-hybridized carbons (Fsp3) is 0.0213. The second-order valence-corrected chi connectivity index (χ2v) is 13.0. The van der Waals surface area contributed by atoms with Crippen LogP contribution in [0.2, 0.25) is 0 Å². The lowest BCUT2D eigenvalue weighted by atomic mass is 9.89. The Balaban J connectivity index is 1.23. The van der Waals surface area contributed by atoms with Gasteiger partial charge in [-0.05, 0) is 65.2 Å². The summed E-state index contributed by atoms with van der Waals surface area (Å²) in [5, 5.41) is 36.0. The molecule has 2 heterocycles. The Labute approximate surface area is 311 Å². The van der Waals surface area contributed by atoms with Gasteiger partial charge in [-0.2, -0.15) is 15.8 Å². The van der Waals surface area contributed by atoms with E-state index in [1.54, 1.807) is 12.1 Å². The van der Waals surface area contributed by atoms with Crippen molar-refractivity contribution in [3.8, 4) is 29.3 Å². The van der Waals surface area contributed by atoms with Crippen molar-refractivity contribution in [1.29, 1.82) is 15.8 Å². The molecule has 7 heteroatoms. The van der Waals surface area contributed by atoms with Crippen LogP contribution in [0.25, 0.3) is 33.1 Å². The molecule has 8 aromatic rings. The fourth-order valence-electron chi connectivity index (χ4n) is 7.26. The van der Waals surface area contributed by atoms with Crippen molar-refractivity contribution >= 4 is 50.5 Å². The van der Waals surface area contributed by atoms with E-state index in [9.17, 15) is 15.8 Å². The highest BCUT2D eigenvalue weighted by Gasteiger charge is 2.29. The minimum Gasteiger partial charge on any atom is -0.454 e. The van der Waals surface area contributed by atoms with E-state index in [1.807, 2.05) is 97.1 Å². The molecule has 0 radical (unpaired) electrons. The van der Waals surface area contributed by atoms with E-state index in [-0.39, 0.29) is 11.1 Å². The monoisotopic (exact) mass is 692 g/mol. The van der Waals surface area contributed by atoms with Crippen molar-refractivity contribution in [3.05, 3.63) is 191 Å². The van der Waals surface area contributed by atoms with Gasteiger partial charge in [-0.15, -0.1) is 0 Å². The van der Waals surface area contributed by atoms with Crippen molar-refractivity contribution in [3.63, 3.8) is 0 Å². The third-order valence-electron chi connectivity index (χ3n) is 9.85. The lowest BCUT2D eigenvalue weighted by molar-refractivity contribution is 0.669. The highest BCUT2D eigenvalue weighted by molar-refractivity contribution is 6.11. The van der Waals surface area contributed by atoms with E-state index in [1.165, 1.54) is 0 Å². The zero-order valence-corrected chi connectivity index (χ0v) is 28.7. The van der Waals surface area contributed by atoms with E-state index < -0.39 is 6.04 Å². The summed E-state index contributed by atoms with van der Waals surface area (Å²) in [6.07, 6.45) is 0. The average Bonchev–Trinajstić information content (AvgIpc) is 3.63. The van der Waals surface area contributed by atoms with Gasteiger partial charge in [-0.25, -0.2) is 0 Å². The molecule has 1 aromatic heterocycles. The summed E-state index contributed by atoms with van der Waals surface area (Å²) >= 11 is 0. The van der Waals surface area contributed by atoms with E-state index >= 15 is 0 Å². The quantitative estimate of drug-likeness (QED) is 0.186. The van der Waals surface area contributed by atoms with Crippen molar-refractivity contribution in [2.75, 3.05) is 10.2 Å². The molecular formula is C47H28N6O. The molecule has 54 heavy (non-hydrogen) atoms. The number of hydrogen-bond donors (Lipinski definition) is 1. The molecule has 0 aliphatic carbocycles. The zero-order valence-electron chi connectivity index (χ0n) is 28.7. The highest BCUT2D eigenvalue weighted by atomic mass is 16.3. The third-order valence-corrected chi connectivity index (χ3v) is 9.85. The summed E-state index contributed by atoms with van der Waals surface area (Å²) in [6.45, 7) is 0. The Hall–Kier alpha value is -7.92. The van der Waals surface area contributed by atoms with Gasteiger partial charge in [-0.1, -0.05) is 109 Å². The van der Waals surface area contributed by atoms with Crippen molar-refractivity contribution in [1.82, 2.24) is 0 Å². The zero-order chi connectivity index (χ0) is 36.6. The summed E-state index contributed by atoms with van der Waals surface area (Å²) in [4.78, 5) is 7.25. The molecule has 1 N–H and O–H groups in total. The molecule has 1 aliphatic rings. The standard InChI is InChI=1S/C47H28N6O/c48-27-33-25-41-42(26-34(33)28-49)51-47(32-12-5-2-6-13-32)52-45(41)38-23-22-37(24-35(38)29-50)53(36-20-18-31(19-21-36)30-10-3-1-4-11-30)43-16-9-15-40-39-14-7-8-17-44(39)54-46(40)43/h1-26,45H,(H,51,52). The minimum absolute atomic E-state index is 0.251. The largest absolute Gasteiger partial charge is 0.454 e. The highest BCUT2D eigenvalue weighted by Crippen LogP contribution is 2.45. The maximum Gasteiger partial charge on any atom is 0.159 e. The average molecular weight is 693 g/mol. The molecule has 0 amide bonds. The first-order valence-corrected chi connectivity index (χ1v) is 17.4. The van der Waals surface area contributed by atoms with E-state index in [0.717, 1.165) is 55.7 Å². The summed E-state index contributed by atoms with van der Waals surface area (Å²) in [6, 6.07) is 57.8. The van der Waals surface area contributed by atoms with Crippen LogP contribution in [0.1, 0.15) is 39.4 Å². The Morgan fingerprint density at radius 1 is 0.537 bits per heavy atom. The Bertz CT molecular complexity index is 2890. The lowest BCUT2D eigenvalue weighted by Gasteiger charge is -2.29. The van der Waals surface area contributed by atoms with Crippen LogP contribution < -0.4 is 10.2 Å². The van der Waals surface area contributed by atoms with Gasteiger partial charge in [0.15, 0.2) is 5.58 Å². The van der Waals surface area contributed by atoms with Crippen LogP contribution in [0.5, 0.6) is 0 Å². The first-order chi connectivity index (χ1) is 26.6. The number of hydrogen-bond acceptors (Lipinski definition) is 7. The van der Waals surface area contributed by atoms with E-state index in [2.05, 4.69) is 77.0 Å². The van der Waals surface area contributed by atoms with Gasteiger partial charge in [0.2, 0.25) is 0 Å². The Morgan fingerprint density at radius 2 is 1.17 bits per heavy atom. The van der Waals surface area contributed by atoms with Gasteiger partial charge in [0.1, 0.15) is 29.6 Å². The van der Waals surface area contributed by atoms with Gasteiger partial charge in [0.05, 0.1) is 28.4 Å². The van der Waals surface area contributed by atoms with Gasteiger partial charge in [-0.3, -0.25) is 4.99 Å². The molecule has 9 rings (SSSR count). The molecule has 252 valence electrons. The number of furan rings is 1. The molecule has 0 saturated heterocycles. The molecule has 7 aromatic carbocycles. The summed E-state index contributed by atoms with van der Waals surface area (Å²) in [7, 11) is 0. The molecule has 0 saturated carbocycles. The molecule has 1 atom stereocenters. The number of fused-ring (bicyclic) bond motifs is 4. The predicted octanol–water partition coefficient (Wildman–Crippen LogP) is 11.3. The summed E-state index contributed by atoms with van der Waals surface area (Å²) in [5.74, 6) is 0.603. The van der Waals surface area contributed by atoms with Crippen LogP contribution in [0.3, 0.4) is 0 Å². The molecule has 0 fully saturated rings. The molecule has 0 spiro atoms. The molecule has 1 aliphatic heterocycles. The van der Waals surface area contributed by atoms with Gasteiger partial charge < -0.3 is 14.6 Å². The molecular weight excluding hydrogens is 665 g/mol. The van der Waals surface area contributed by atoms with Gasteiger partial charge >= 0.3 is 0 Å². The maximum atomic E-state index is 10.8. The third kappa shape index (κ3) is 5.49. The van der Waals surface area contributed by atoms with Crippen molar-refractivity contribution in [2.24, 2.45) is 4.99 Å². The topological polar surface area (TPSA) is 112 Å². The smallest absolute Gasteiger partial charge is 0.159 e. The minimum atomic E-state index is -0.627. The molecule has 1 unspecified atom stereocenters. The van der Waals surface area contributed by atoms with Gasteiger partial charge in [0, 0.05) is 39.0 Å². The maximum absolute atomic E-state index is 10.8. The Kier molecular flexibility index (Phi) is 7.90. The van der Waals surface area contributed by atoms with E-state index in [4.69, 9.17) is 9.41 Å². The number of nitrogens with one attached hydrogen (secondary N) is 1. The van der Waals surface area contributed by atoms with E-state index in [0.29, 0.717) is 28.2 Å². The molecule has 7 nitrogen and oxygen atoms in total. The van der Waals surface area contributed by atoms with Crippen molar-refractivity contribution < 1.29 is 4.42 Å². The normalized spacial score (nSPS) is 13.2. The second kappa shape index (κ2) is 13.3. The number of amidine groups is 1. The van der Waals surface area contributed by atoms with Crippen LogP contribution in [0.15, 0.2) is 167 Å².